The van der Waals surface area contributed by atoms with Crippen molar-refractivity contribution in [2.75, 3.05) is 0 Å². The van der Waals surface area contributed by atoms with Crippen molar-refractivity contribution in [3.05, 3.63) is 23.0 Å². The molecule has 0 saturated carbocycles. The van der Waals surface area contributed by atoms with E-state index >= 15 is 0 Å². The number of hydrogen-bond donors (Lipinski definition) is 1. The summed E-state index contributed by atoms with van der Waals surface area (Å²) in [5.74, 6) is 4.71. The second-order valence-electron chi connectivity index (χ2n) is 2.19. The van der Waals surface area contributed by atoms with Crippen molar-refractivity contribution in [2.24, 2.45) is 5.73 Å². The minimum Gasteiger partial charge on any atom is -0.369 e. The standard InChI is InChI=1S/C8H6ClN3O/c9-7-5-4-6(11-12-7)2-1-3-8(10)13/h4-5H,3H2,(H2,10,13). The third kappa shape index (κ3) is 3.54. The highest BCUT2D eigenvalue weighted by Crippen LogP contribution is 2.00. The van der Waals surface area contributed by atoms with Gasteiger partial charge in [0.25, 0.3) is 0 Å². The van der Waals surface area contributed by atoms with Crippen LogP contribution in [0.3, 0.4) is 0 Å². The lowest BCUT2D eigenvalue weighted by Crippen LogP contribution is -2.08. The van der Waals surface area contributed by atoms with E-state index in [0.29, 0.717) is 10.8 Å². The topological polar surface area (TPSA) is 68.9 Å². The van der Waals surface area contributed by atoms with E-state index in [1.54, 1.807) is 12.1 Å². The summed E-state index contributed by atoms with van der Waals surface area (Å²) in [6.07, 6.45) is 0.0182. The van der Waals surface area contributed by atoms with Gasteiger partial charge >= 0.3 is 0 Å². The van der Waals surface area contributed by atoms with Crippen molar-refractivity contribution in [3.63, 3.8) is 0 Å². The van der Waals surface area contributed by atoms with Crippen molar-refractivity contribution < 1.29 is 4.79 Å². The molecular weight excluding hydrogens is 190 g/mol. The Kier molecular flexibility index (Phi) is 3.23. The number of halogens is 1. The SMILES string of the molecule is NC(=O)CC#Cc1ccc(Cl)nn1. The average Bonchev–Trinajstić information content (AvgIpc) is 2.08. The van der Waals surface area contributed by atoms with E-state index in [9.17, 15) is 4.79 Å². The highest BCUT2D eigenvalue weighted by Gasteiger charge is 1.90. The monoisotopic (exact) mass is 195 g/mol. The molecular formula is C8H6ClN3O. The summed E-state index contributed by atoms with van der Waals surface area (Å²) in [6.45, 7) is 0. The summed E-state index contributed by atoms with van der Waals surface area (Å²) >= 11 is 5.50. The van der Waals surface area contributed by atoms with Gasteiger partial charge in [0, 0.05) is 0 Å². The average molecular weight is 196 g/mol. The summed E-state index contributed by atoms with van der Waals surface area (Å²) < 4.78 is 0. The molecule has 2 N–H and O–H groups in total. The molecule has 0 aliphatic carbocycles. The molecule has 0 bridgehead atoms. The molecule has 1 heterocycles. The van der Waals surface area contributed by atoms with Crippen molar-refractivity contribution in [2.45, 2.75) is 6.42 Å². The summed E-state index contributed by atoms with van der Waals surface area (Å²) in [7, 11) is 0. The highest BCUT2D eigenvalue weighted by molar-refractivity contribution is 6.29. The maximum Gasteiger partial charge on any atom is 0.229 e. The molecule has 1 aromatic heterocycles. The molecule has 0 spiro atoms. The fourth-order valence-corrected chi connectivity index (χ4v) is 0.705. The second-order valence-corrected chi connectivity index (χ2v) is 2.57. The molecule has 0 aliphatic rings. The molecule has 0 aromatic carbocycles. The Labute approximate surface area is 80.1 Å². The highest BCUT2D eigenvalue weighted by atomic mass is 35.5. The van der Waals surface area contributed by atoms with Crippen LogP contribution in [0.15, 0.2) is 12.1 Å². The fourth-order valence-electron chi connectivity index (χ4n) is 0.605. The number of carbonyl (C=O) groups is 1. The van der Waals surface area contributed by atoms with Crippen LogP contribution >= 0.6 is 11.6 Å². The van der Waals surface area contributed by atoms with E-state index in [-0.39, 0.29) is 6.42 Å². The number of hydrogen-bond acceptors (Lipinski definition) is 3. The molecule has 0 atom stereocenters. The summed E-state index contributed by atoms with van der Waals surface area (Å²) in [6, 6.07) is 3.19. The van der Waals surface area contributed by atoms with Gasteiger partial charge in [-0.15, -0.1) is 10.2 Å². The van der Waals surface area contributed by atoms with Gasteiger partial charge in [0.2, 0.25) is 5.91 Å². The molecule has 1 aromatic rings. The van der Waals surface area contributed by atoms with Crippen LogP contribution < -0.4 is 5.73 Å². The molecule has 1 amide bonds. The first kappa shape index (κ1) is 9.49. The number of primary amides is 1. The minimum atomic E-state index is -0.463. The first-order valence-electron chi connectivity index (χ1n) is 3.45. The third-order valence-electron chi connectivity index (χ3n) is 1.11. The van der Waals surface area contributed by atoms with Crippen LogP contribution in [0.1, 0.15) is 12.1 Å². The molecule has 0 fully saturated rings. The van der Waals surface area contributed by atoms with Gasteiger partial charge in [0.15, 0.2) is 5.15 Å². The first-order chi connectivity index (χ1) is 6.18. The Hall–Kier alpha value is -1.60. The van der Waals surface area contributed by atoms with Gasteiger partial charge in [0.1, 0.15) is 5.69 Å². The molecule has 0 unspecified atom stereocenters. The van der Waals surface area contributed by atoms with E-state index in [0.717, 1.165) is 0 Å². The molecule has 4 nitrogen and oxygen atoms in total. The normalized spacial score (nSPS) is 8.69. The van der Waals surface area contributed by atoms with Gasteiger partial charge in [-0.2, -0.15) is 0 Å². The lowest BCUT2D eigenvalue weighted by molar-refractivity contribution is -0.117. The summed E-state index contributed by atoms with van der Waals surface area (Å²) in [4.78, 5) is 10.3. The summed E-state index contributed by atoms with van der Waals surface area (Å²) in [5, 5.41) is 7.55. The molecule has 0 saturated heterocycles. The Morgan fingerprint density at radius 1 is 1.54 bits per heavy atom. The predicted molar refractivity (Wildman–Crippen MR) is 47.7 cm³/mol. The van der Waals surface area contributed by atoms with Gasteiger partial charge in [-0.1, -0.05) is 17.5 Å². The predicted octanol–water partition coefficient (Wildman–Crippen LogP) is 0.357. The third-order valence-corrected chi connectivity index (χ3v) is 1.31. The van der Waals surface area contributed by atoms with Crippen LogP contribution in [0.25, 0.3) is 0 Å². The van der Waals surface area contributed by atoms with Gasteiger partial charge < -0.3 is 5.73 Å². The fraction of sp³-hybridized carbons (Fsp3) is 0.125. The molecule has 5 heteroatoms. The summed E-state index contributed by atoms with van der Waals surface area (Å²) in [5.41, 5.74) is 5.35. The number of amides is 1. The lowest BCUT2D eigenvalue weighted by atomic mass is 10.3. The van der Waals surface area contributed by atoms with Crippen molar-refractivity contribution in [1.29, 1.82) is 0 Å². The molecule has 0 radical (unpaired) electrons. The van der Waals surface area contributed by atoms with Gasteiger partial charge in [-0.3, -0.25) is 4.79 Å². The molecule has 13 heavy (non-hydrogen) atoms. The number of rotatable bonds is 1. The van der Waals surface area contributed by atoms with Crippen LogP contribution in [-0.2, 0) is 4.79 Å². The zero-order chi connectivity index (χ0) is 9.68. The van der Waals surface area contributed by atoms with Crippen LogP contribution in [0, 0.1) is 11.8 Å². The van der Waals surface area contributed by atoms with Gasteiger partial charge in [-0.05, 0) is 18.1 Å². The number of nitrogens with zero attached hydrogens (tertiary/aromatic N) is 2. The van der Waals surface area contributed by atoms with Crippen LogP contribution in [0.5, 0.6) is 0 Å². The molecule has 1 rings (SSSR count). The quantitative estimate of drug-likeness (QED) is 0.658. The van der Waals surface area contributed by atoms with Crippen molar-refractivity contribution in [3.8, 4) is 11.8 Å². The minimum absolute atomic E-state index is 0.0182. The second kappa shape index (κ2) is 4.43. The first-order valence-corrected chi connectivity index (χ1v) is 3.82. The van der Waals surface area contributed by atoms with Crippen LogP contribution in [0.4, 0.5) is 0 Å². The zero-order valence-electron chi connectivity index (χ0n) is 6.62. The van der Waals surface area contributed by atoms with Crippen molar-refractivity contribution in [1.82, 2.24) is 10.2 Å². The number of carbonyl (C=O) groups excluding carboxylic acids is 1. The maximum absolute atomic E-state index is 10.3. The Balaban J connectivity index is 2.67. The van der Waals surface area contributed by atoms with Gasteiger partial charge in [0.05, 0.1) is 6.42 Å². The smallest absolute Gasteiger partial charge is 0.229 e. The molecule has 66 valence electrons. The molecule has 0 aliphatic heterocycles. The van der Waals surface area contributed by atoms with Gasteiger partial charge in [-0.25, -0.2) is 0 Å². The van der Waals surface area contributed by atoms with Crippen LogP contribution in [-0.4, -0.2) is 16.1 Å². The zero-order valence-corrected chi connectivity index (χ0v) is 7.38. The Bertz CT molecular complexity index is 363. The maximum atomic E-state index is 10.3. The lowest BCUT2D eigenvalue weighted by Gasteiger charge is -1.87. The Morgan fingerprint density at radius 3 is 2.85 bits per heavy atom. The Morgan fingerprint density at radius 2 is 2.31 bits per heavy atom. The van der Waals surface area contributed by atoms with E-state index in [1.807, 2.05) is 0 Å². The van der Waals surface area contributed by atoms with E-state index in [2.05, 4.69) is 22.0 Å². The van der Waals surface area contributed by atoms with E-state index < -0.39 is 5.91 Å². The largest absolute Gasteiger partial charge is 0.369 e. The van der Waals surface area contributed by atoms with Crippen LogP contribution in [0.2, 0.25) is 5.15 Å². The van der Waals surface area contributed by atoms with E-state index in [1.165, 1.54) is 0 Å². The van der Waals surface area contributed by atoms with Crippen molar-refractivity contribution >= 4 is 17.5 Å². The van der Waals surface area contributed by atoms with E-state index in [4.69, 9.17) is 17.3 Å². The number of aromatic nitrogens is 2. The number of nitrogens with two attached hydrogens (primary N) is 1.